The summed E-state index contributed by atoms with van der Waals surface area (Å²) in [6, 6.07) is 18.7. The summed E-state index contributed by atoms with van der Waals surface area (Å²) >= 11 is 6.14. The van der Waals surface area contributed by atoms with Crippen LogP contribution in [0.3, 0.4) is 0 Å². The van der Waals surface area contributed by atoms with Crippen molar-refractivity contribution in [2.24, 2.45) is 0 Å². The van der Waals surface area contributed by atoms with Gasteiger partial charge in [-0.15, -0.1) is 0 Å². The van der Waals surface area contributed by atoms with Gasteiger partial charge in [0.1, 0.15) is 18.9 Å². The number of aryl methyl sites for hydroxylation is 3. The fourth-order valence-corrected chi connectivity index (χ4v) is 4.88. The third-order valence-corrected chi connectivity index (χ3v) is 7.24. The fraction of sp³-hybridized carbons (Fsp3) is 0.240. The molecule has 3 aromatic rings. The molecule has 3 aromatic carbocycles. The van der Waals surface area contributed by atoms with E-state index in [4.69, 9.17) is 16.3 Å². The van der Waals surface area contributed by atoms with Crippen LogP contribution in [0.25, 0.3) is 0 Å². The van der Waals surface area contributed by atoms with E-state index in [1.54, 1.807) is 43.3 Å². The Kier molecular flexibility index (Phi) is 8.00. The topological polar surface area (TPSA) is 75.7 Å². The number of hydrogen-bond acceptors (Lipinski definition) is 4. The van der Waals surface area contributed by atoms with Crippen molar-refractivity contribution >= 4 is 33.2 Å². The van der Waals surface area contributed by atoms with Gasteiger partial charge in [0, 0.05) is 5.02 Å². The highest BCUT2D eigenvalue weighted by molar-refractivity contribution is 7.92. The number of sulfonamides is 1. The lowest BCUT2D eigenvalue weighted by Crippen LogP contribution is -2.42. The van der Waals surface area contributed by atoms with E-state index >= 15 is 0 Å². The Hall–Kier alpha value is -3.03. The van der Waals surface area contributed by atoms with Crippen LogP contribution in [-0.2, 0) is 14.8 Å². The number of carbonyl (C=O) groups excluding carboxylic acids is 1. The first-order valence-corrected chi connectivity index (χ1v) is 12.3. The summed E-state index contributed by atoms with van der Waals surface area (Å²) in [5.74, 6) is 0.271. The molecule has 0 unspecified atom stereocenters. The molecule has 0 aliphatic carbocycles. The number of anilines is 1. The van der Waals surface area contributed by atoms with E-state index in [1.165, 1.54) is 17.7 Å². The van der Waals surface area contributed by atoms with Crippen LogP contribution in [0.4, 0.5) is 5.69 Å². The number of nitrogens with one attached hydrogen (secondary N) is 1. The Labute approximate surface area is 200 Å². The van der Waals surface area contributed by atoms with Crippen LogP contribution in [0, 0.1) is 20.8 Å². The van der Waals surface area contributed by atoms with Crippen molar-refractivity contribution in [3.8, 4) is 5.75 Å². The summed E-state index contributed by atoms with van der Waals surface area (Å²) in [7, 11) is -3.99. The third kappa shape index (κ3) is 6.27. The van der Waals surface area contributed by atoms with Crippen molar-refractivity contribution in [1.29, 1.82) is 0 Å². The Morgan fingerprint density at radius 3 is 2.33 bits per heavy atom. The van der Waals surface area contributed by atoms with Crippen molar-refractivity contribution in [2.45, 2.75) is 25.7 Å². The molecule has 3 rings (SSSR count). The van der Waals surface area contributed by atoms with Gasteiger partial charge >= 0.3 is 0 Å². The number of hydrogen-bond donors (Lipinski definition) is 1. The maximum atomic E-state index is 13.4. The quantitative estimate of drug-likeness (QED) is 0.446. The van der Waals surface area contributed by atoms with Gasteiger partial charge in [0.25, 0.3) is 10.0 Å². The molecule has 0 atom stereocenters. The third-order valence-electron chi connectivity index (χ3n) is 5.23. The molecule has 0 spiro atoms. The highest BCUT2D eigenvalue weighted by atomic mass is 35.5. The minimum Gasteiger partial charge on any atom is -0.492 e. The number of ether oxygens (including phenoxy) is 1. The molecule has 8 heteroatoms. The molecule has 0 saturated heterocycles. The maximum Gasteiger partial charge on any atom is 0.264 e. The molecule has 6 nitrogen and oxygen atoms in total. The van der Waals surface area contributed by atoms with Crippen LogP contribution in [0.5, 0.6) is 5.75 Å². The molecule has 174 valence electrons. The van der Waals surface area contributed by atoms with Crippen molar-refractivity contribution in [2.75, 3.05) is 24.0 Å². The smallest absolute Gasteiger partial charge is 0.264 e. The van der Waals surface area contributed by atoms with Gasteiger partial charge in [-0.3, -0.25) is 9.10 Å². The van der Waals surface area contributed by atoms with E-state index in [-0.39, 0.29) is 24.6 Å². The zero-order chi connectivity index (χ0) is 24.0. The normalized spacial score (nSPS) is 11.2. The molecule has 33 heavy (non-hydrogen) atoms. The second-order valence-corrected chi connectivity index (χ2v) is 10.00. The van der Waals surface area contributed by atoms with Crippen LogP contribution < -0.4 is 14.4 Å². The zero-order valence-electron chi connectivity index (χ0n) is 18.8. The molecule has 1 N–H and O–H groups in total. The molecule has 0 bridgehead atoms. The van der Waals surface area contributed by atoms with E-state index in [1.807, 2.05) is 32.0 Å². The molecular formula is C25H27ClN2O4S. The predicted molar refractivity (Wildman–Crippen MR) is 132 cm³/mol. The van der Waals surface area contributed by atoms with Gasteiger partial charge < -0.3 is 10.1 Å². The molecule has 0 aliphatic rings. The van der Waals surface area contributed by atoms with E-state index in [2.05, 4.69) is 5.32 Å². The SMILES string of the molecule is Cc1ccc(OCCNC(=O)CN(c2cc(Cl)ccc2C)S(=O)(=O)c2ccccc2)cc1C. The van der Waals surface area contributed by atoms with E-state index in [0.29, 0.717) is 16.3 Å². The van der Waals surface area contributed by atoms with E-state index in [9.17, 15) is 13.2 Å². The molecule has 0 radical (unpaired) electrons. The number of benzene rings is 3. The standard InChI is InChI=1S/C25H27ClN2O4S/c1-18-10-12-22(15-20(18)3)32-14-13-27-25(29)17-28(24-16-21(26)11-9-19(24)2)33(30,31)23-7-5-4-6-8-23/h4-12,15-16H,13-14,17H2,1-3H3,(H,27,29). The van der Waals surface area contributed by atoms with Crippen molar-refractivity contribution in [3.63, 3.8) is 0 Å². The van der Waals surface area contributed by atoms with E-state index < -0.39 is 15.9 Å². The summed E-state index contributed by atoms with van der Waals surface area (Å²) in [6.07, 6.45) is 0. The summed E-state index contributed by atoms with van der Waals surface area (Å²) in [5, 5.41) is 3.11. The van der Waals surface area contributed by atoms with Crippen LogP contribution >= 0.6 is 11.6 Å². The minimum absolute atomic E-state index is 0.0928. The molecular weight excluding hydrogens is 460 g/mol. The second-order valence-electron chi connectivity index (χ2n) is 7.70. The van der Waals surface area contributed by atoms with Crippen LogP contribution in [0.1, 0.15) is 16.7 Å². The number of carbonyl (C=O) groups is 1. The first-order valence-electron chi connectivity index (χ1n) is 10.5. The van der Waals surface area contributed by atoms with Gasteiger partial charge in [0.2, 0.25) is 5.91 Å². The van der Waals surface area contributed by atoms with Gasteiger partial charge in [0.05, 0.1) is 17.1 Å². The number of halogens is 1. The first kappa shape index (κ1) is 24.6. The van der Waals surface area contributed by atoms with Gasteiger partial charge in [-0.1, -0.05) is 41.9 Å². The summed E-state index contributed by atoms with van der Waals surface area (Å²) in [6.45, 7) is 5.91. The average Bonchev–Trinajstić information content (AvgIpc) is 2.79. The monoisotopic (exact) mass is 486 g/mol. The van der Waals surface area contributed by atoms with Crippen LogP contribution in [-0.4, -0.2) is 34.0 Å². The van der Waals surface area contributed by atoms with Crippen molar-refractivity contribution < 1.29 is 17.9 Å². The minimum atomic E-state index is -3.99. The summed E-state index contributed by atoms with van der Waals surface area (Å²) in [5.41, 5.74) is 3.33. The van der Waals surface area contributed by atoms with Crippen molar-refractivity contribution in [3.05, 3.63) is 88.4 Å². The number of nitrogens with zero attached hydrogens (tertiary/aromatic N) is 1. The Morgan fingerprint density at radius 1 is 0.939 bits per heavy atom. The van der Waals surface area contributed by atoms with Crippen LogP contribution in [0.2, 0.25) is 5.02 Å². The second kappa shape index (κ2) is 10.7. The Bertz CT molecular complexity index is 1230. The fourth-order valence-electron chi connectivity index (χ4n) is 3.22. The zero-order valence-corrected chi connectivity index (χ0v) is 20.4. The summed E-state index contributed by atoms with van der Waals surface area (Å²) < 4.78 is 33.5. The first-order chi connectivity index (χ1) is 15.7. The highest BCUT2D eigenvalue weighted by Crippen LogP contribution is 2.29. The largest absolute Gasteiger partial charge is 0.492 e. The molecule has 0 fully saturated rings. The molecule has 1 amide bonds. The highest BCUT2D eigenvalue weighted by Gasteiger charge is 2.28. The maximum absolute atomic E-state index is 13.4. The average molecular weight is 487 g/mol. The molecule has 0 aromatic heterocycles. The van der Waals surface area contributed by atoms with Crippen LogP contribution in [0.15, 0.2) is 71.6 Å². The lowest BCUT2D eigenvalue weighted by Gasteiger charge is -2.26. The van der Waals surface area contributed by atoms with Gasteiger partial charge in [-0.25, -0.2) is 8.42 Å². The van der Waals surface area contributed by atoms with Gasteiger partial charge in [-0.05, 0) is 73.9 Å². The van der Waals surface area contributed by atoms with Gasteiger partial charge in [0.15, 0.2) is 0 Å². The van der Waals surface area contributed by atoms with Crippen molar-refractivity contribution in [1.82, 2.24) is 5.32 Å². The van der Waals surface area contributed by atoms with Gasteiger partial charge in [-0.2, -0.15) is 0 Å². The lowest BCUT2D eigenvalue weighted by molar-refractivity contribution is -0.119. The molecule has 0 saturated carbocycles. The Balaban J connectivity index is 1.72. The predicted octanol–water partition coefficient (Wildman–Crippen LogP) is 4.66. The number of rotatable bonds is 9. The Morgan fingerprint density at radius 2 is 1.64 bits per heavy atom. The number of amides is 1. The molecule has 0 aliphatic heterocycles. The lowest BCUT2D eigenvalue weighted by atomic mass is 10.1. The molecule has 0 heterocycles. The summed E-state index contributed by atoms with van der Waals surface area (Å²) in [4.78, 5) is 12.8. The van der Waals surface area contributed by atoms with E-state index in [0.717, 1.165) is 15.6 Å².